The number of rotatable bonds is 3. The van der Waals surface area contributed by atoms with Crippen molar-refractivity contribution in [1.29, 1.82) is 0 Å². The van der Waals surface area contributed by atoms with Gasteiger partial charge in [0.05, 0.1) is 17.1 Å². The molecule has 1 N–H and O–H groups in total. The molecule has 1 aromatic heterocycles. The first kappa shape index (κ1) is 13.4. The maximum absolute atomic E-state index is 13.8. The lowest BCUT2D eigenvalue weighted by Gasteiger charge is -2.16. The van der Waals surface area contributed by atoms with E-state index in [1.165, 1.54) is 12.1 Å². The summed E-state index contributed by atoms with van der Waals surface area (Å²) in [5.41, 5.74) is 2.77. The smallest absolute Gasteiger partial charge is 0.131 e. The van der Waals surface area contributed by atoms with Crippen molar-refractivity contribution in [3.63, 3.8) is 0 Å². The van der Waals surface area contributed by atoms with Gasteiger partial charge in [-0.15, -0.1) is 0 Å². The minimum atomic E-state index is -0.579. The molecular formula is C16H13F2N3. The fraction of sp³-hybridized carbons (Fsp3) is 0.125. The first-order valence-corrected chi connectivity index (χ1v) is 6.56. The van der Waals surface area contributed by atoms with Crippen LogP contribution in [0.1, 0.15) is 18.5 Å². The number of hydrogen-bond acceptors (Lipinski definition) is 3. The summed E-state index contributed by atoms with van der Waals surface area (Å²) in [6, 6.07) is 8.85. The van der Waals surface area contributed by atoms with Gasteiger partial charge in [0.2, 0.25) is 0 Å². The van der Waals surface area contributed by atoms with Crippen LogP contribution in [0, 0.1) is 11.6 Å². The fourth-order valence-corrected chi connectivity index (χ4v) is 2.23. The number of nitrogens with zero attached hydrogens (tertiary/aromatic N) is 2. The summed E-state index contributed by atoms with van der Waals surface area (Å²) >= 11 is 0. The molecule has 21 heavy (non-hydrogen) atoms. The number of aromatic nitrogens is 2. The molecule has 3 rings (SSSR count). The summed E-state index contributed by atoms with van der Waals surface area (Å²) in [6.45, 7) is 1.82. The molecule has 106 valence electrons. The largest absolute Gasteiger partial charge is 0.378 e. The average molecular weight is 285 g/mol. The predicted octanol–water partition coefficient (Wildman–Crippen LogP) is 4.08. The number of halogens is 2. The van der Waals surface area contributed by atoms with Gasteiger partial charge >= 0.3 is 0 Å². The molecule has 1 atom stereocenters. The number of benzene rings is 2. The molecule has 0 aliphatic heterocycles. The van der Waals surface area contributed by atoms with E-state index >= 15 is 0 Å². The van der Waals surface area contributed by atoms with Gasteiger partial charge in [0, 0.05) is 29.7 Å². The predicted molar refractivity (Wildman–Crippen MR) is 77.9 cm³/mol. The topological polar surface area (TPSA) is 37.8 Å². The molecule has 0 spiro atoms. The highest BCUT2D eigenvalue weighted by Gasteiger charge is 2.12. The van der Waals surface area contributed by atoms with Gasteiger partial charge in [-0.1, -0.05) is 6.07 Å². The molecule has 5 heteroatoms. The fourth-order valence-electron chi connectivity index (χ4n) is 2.23. The zero-order valence-corrected chi connectivity index (χ0v) is 11.3. The molecule has 1 unspecified atom stereocenters. The summed E-state index contributed by atoms with van der Waals surface area (Å²) in [5.74, 6) is -1.14. The Balaban J connectivity index is 1.87. The number of fused-ring (bicyclic) bond motifs is 1. The van der Waals surface area contributed by atoms with E-state index in [1.54, 1.807) is 12.4 Å². The molecule has 3 nitrogen and oxygen atoms in total. The van der Waals surface area contributed by atoms with Crippen LogP contribution in [0.5, 0.6) is 0 Å². The first-order valence-electron chi connectivity index (χ1n) is 6.56. The molecule has 0 saturated carbocycles. The van der Waals surface area contributed by atoms with Crippen molar-refractivity contribution in [2.45, 2.75) is 13.0 Å². The third kappa shape index (κ3) is 2.81. The van der Waals surface area contributed by atoms with Crippen molar-refractivity contribution in [3.8, 4) is 0 Å². The standard InChI is InChI=1S/C16H13F2N3/c1-10(13-4-2-11(17)8-14(13)18)21-12-3-5-15-16(9-12)20-7-6-19-15/h2-10,21H,1H3. The summed E-state index contributed by atoms with van der Waals surface area (Å²) in [5, 5.41) is 3.18. The molecule has 0 amide bonds. The third-order valence-electron chi connectivity index (χ3n) is 3.28. The van der Waals surface area contributed by atoms with E-state index in [9.17, 15) is 8.78 Å². The van der Waals surface area contributed by atoms with Gasteiger partial charge in [-0.3, -0.25) is 9.97 Å². The van der Waals surface area contributed by atoms with Crippen molar-refractivity contribution >= 4 is 16.7 Å². The highest BCUT2D eigenvalue weighted by Crippen LogP contribution is 2.23. The van der Waals surface area contributed by atoms with Gasteiger partial charge < -0.3 is 5.32 Å². The van der Waals surface area contributed by atoms with E-state index in [2.05, 4.69) is 15.3 Å². The van der Waals surface area contributed by atoms with Gasteiger partial charge in [0.1, 0.15) is 11.6 Å². The minimum absolute atomic E-state index is 0.292. The van der Waals surface area contributed by atoms with Crippen molar-refractivity contribution in [1.82, 2.24) is 9.97 Å². The lowest BCUT2D eigenvalue weighted by atomic mass is 10.1. The highest BCUT2D eigenvalue weighted by atomic mass is 19.1. The van der Waals surface area contributed by atoms with Gasteiger partial charge in [-0.05, 0) is 31.2 Å². The Bertz CT molecular complexity index is 789. The molecule has 0 saturated heterocycles. The minimum Gasteiger partial charge on any atom is -0.378 e. The SMILES string of the molecule is CC(Nc1ccc2nccnc2c1)c1ccc(F)cc1F. The summed E-state index contributed by atoms with van der Waals surface area (Å²) in [7, 11) is 0. The second-order valence-corrected chi connectivity index (χ2v) is 4.79. The molecule has 0 aliphatic rings. The Labute approximate surface area is 120 Å². The molecule has 2 aromatic carbocycles. The van der Waals surface area contributed by atoms with Crippen LogP contribution in [-0.4, -0.2) is 9.97 Å². The van der Waals surface area contributed by atoms with Crippen molar-refractivity contribution in [2.75, 3.05) is 5.32 Å². The first-order chi connectivity index (χ1) is 10.1. The maximum atomic E-state index is 13.8. The van der Waals surface area contributed by atoms with E-state index in [-0.39, 0.29) is 6.04 Å². The normalized spacial score (nSPS) is 12.3. The summed E-state index contributed by atoms with van der Waals surface area (Å²) in [4.78, 5) is 8.42. The lowest BCUT2D eigenvalue weighted by molar-refractivity contribution is 0.566. The van der Waals surface area contributed by atoms with Gasteiger partial charge in [0.25, 0.3) is 0 Å². The molecular weight excluding hydrogens is 272 g/mol. The summed E-state index contributed by atoms with van der Waals surface area (Å²) in [6.07, 6.45) is 3.25. The number of anilines is 1. The van der Waals surface area contributed by atoms with E-state index < -0.39 is 11.6 Å². The van der Waals surface area contributed by atoms with Crippen molar-refractivity contribution in [3.05, 3.63) is 66.0 Å². The Hall–Kier alpha value is -2.56. The van der Waals surface area contributed by atoms with Crippen LogP contribution >= 0.6 is 0 Å². The Morgan fingerprint density at radius 1 is 0.952 bits per heavy atom. The molecule has 1 heterocycles. The zero-order chi connectivity index (χ0) is 14.8. The lowest BCUT2D eigenvalue weighted by Crippen LogP contribution is -2.08. The monoisotopic (exact) mass is 285 g/mol. The van der Waals surface area contributed by atoms with E-state index in [0.29, 0.717) is 5.56 Å². The van der Waals surface area contributed by atoms with Crippen LogP contribution in [0.2, 0.25) is 0 Å². The highest BCUT2D eigenvalue weighted by molar-refractivity contribution is 5.78. The molecule has 0 fully saturated rings. The van der Waals surface area contributed by atoms with Crippen molar-refractivity contribution in [2.24, 2.45) is 0 Å². The Kier molecular flexibility index (Phi) is 3.48. The molecule has 0 bridgehead atoms. The third-order valence-corrected chi connectivity index (χ3v) is 3.28. The molecule has 0 radical (unpaired) electrons. The van der Waals surface area contributed by atoms with Crippen LogP contribution in [0.4, 0.5) is 14.5 Å². The summed E-state index contributed by atoms with van der Waals surface area (Å²) < 4.78 is 26.7. The van der Waals surface area contributed by atoms with Crippen LogP contribution in [0.15, 0.2) is 48.8 Å². The van der Waals surface area contributed by atoms with E-state index in [4.69, 9.17) is 0 Å². The van der Waals surface area contributed by atoms with Crippen LogP contribution in [-0.2, 0) is 0 Å². The van der Waals surface area contributed by atoms with Crippen molar-refractivity contribution < 1.29 is 8.78 Å². The van der Waals surface area contributed by atoms with Gasteiger partial charge in [0.15, 0.2) is 0 Å². The molecule has 0 aliphatic carbocycles. The second-order valence-electron chi connectivity index (χ2n) is 4.79. The maximum Gasteiger partial charge on any atom is 0.131 e. The Morgan fingerprint density at radius 3 is 2.48 bits per heavy atom. The second kappa shape index (κ2) is 5.44. The van der Waals surface area contributed by atoms with E-state index in [1.807, 2.05) is 25.1 Å². The molecule has 3 aromatic rings. The average Bonchev–Trinajstić information content (AvgIpc) is 2.47. The Morgan fingerprint density at radius 2 is 1.71 bits per heavy atom. The van der Waals surface area contributed by atoms with Crippen LogP contribution < -0.4 is 5.32 Å². The van der Waals surface area contributed by atoms with Crippen LogP contribution in [0.3, 0.4) is 0 Å². The zero-order valence-electron chi connectivity index (χ0n) is 11.3. The number of nitrogens with one attached hydrogen (secondary N) is 1. The quantitative estimate of drug-likeness (QED) is 0.788. The van der Waals surface area contributed by atoms with Gasteiger partial charge in [-0.2, -0.15) is 0 Å². The van der Waals surface area contributed by atoms with Gasteiger partial charge in [-0.25, -0.2) is 8.78 Å². The van der Waals surface area contributed by atoms with E-state index in [0.717, 1.165) is 22.8 Å². The van der Waals surface area contributed by atoms with Crippen LogP contribution in [0.25, 0.3) is 11.0 Å². The number of hydrogen-bond donors (Lipinski definition) is 1.